The first kappa shape index (κ1) is 22.4. The lowest BCUT2D eigenvalue weighted by Crippen LogP contribution is -2.58. The molecule has 1 atom stereocenters. The van der Waals surface area contributed by atoms with E-state index in [0.717, 1.165) is 5.57 Å². The van der Waals surface area contributed by atoms with Gasteiger partial charge in [-0.1, -0.05) is 42.5 Å². The van der Waals surface area contributed by atoms with E-state index in [0.29, 0.717) is 22.7 Å². The van der Waals surface area contributed by atoms with Gasteiger partial charge in [-0.2, -0.15) is 0 Å². The lowest BCUT2D eigenvalue weighted by Gasteiger charge is -2.42. The van der Waals surface area contributed by atoms with Gasteiger partial charge in [-0.05, 0) is 32.8 Å². The lowest BCUT2D eigenvalue weighted by molar-refractivity contribution is -0.165. The molecule has 0 unspecified atom stereocenters. The maximum absolute atomic E-state index is 14.0. The van der Waals surface area contributed by atoms with Crippen LogP contribution in [0.4, 0.5) is 5.69 Å². The smallest absolute Gasteiger partial charge is 0.327 e. The second-order valence-electron chi connectivity index (χ2n) is 8.66. The molecule has 0 aromatic heterocycles. The van der Waals surface area contributed by atoms with E-state index in [4.69, 9.17) is 14.2 Å². The molecule has 0 aliphatic carbocycles. The van der Waals surface area contributed by atoms with Crippen molar-refractivity contribution in [3.8, 4) is 11.5 Å². The van der Waals surface area contributed by atoms with Crippen molar-refractivity contribution in [2.45, 2.75) is 38.2 Å². The topological polar surface area (TPSA) is 65.1 Å². The molecular formula is C25H29NO5. The molecule has 1 heterocycles. The van der Waals surface area contributed by atoms with E-state index in [9.17, 15) is 9.59 Å². The van der Waals surface area contributed by atoms with Gasteiger partial charge in [-0.25, -0.2) is 0 Å². The van der Waals surface area contributed by atoms with E-state index in [-0.39, 0.29) is 18.9 Å². The van der Waals surface area contributed by atoms with Crippen molar-refractivity contribution in [1.29, 1.82) is 0 Å². The molecule has 0 saturated carbocycles. The van der Waals surface area contributed by atoms with Crippen LogP contribution in [0.25, 0.3) is 0 Å². The van der Waals surface area contributed by atoms with Gasteiger partial charge in [0.2, 0.25) is 5.91 Å². The Morgan fingerprint density at radius 2 is 1.61 bits per heavy atom. The average molecular weight is 424 g/mol. The van der Waals surface area contributed by atoms with Gasteiger partial charge in [0.1, 0.15) is 17.1 Å². The number of benzene rings is 2. The highest BCUT2D eigenvalue weighted by molar-refractivity contribution is 6.16. The molecule has 0 radical (unpaired) electrons. The monoisotopic (exact) mass is 423 g/mol. The third-order valence-corrected chi connectivity index (χ3v) is 5.17. The summed E-state index contributed by atoms with van der Waals surface area (Å²) in [5, 5.41) is 0. The largest absolute Gasteiger partial charge is 0.497 e. The summed E-state index contributed by atoms with van der Waals surface area (Å²) in [5.41, 5.74) is -0.390. The predicted octanol–water partition coefficient (Wildman–Crippen LogP) is 4.28. The Morgan fingerprint density at radius 1 is 1.03 bits per heavy atom. The standard InChI is InChI=1S/C25H29NO5/c1-17-15-25(18-10-8-7-9-11-18,23(28)31-24(2,3)4)22(27)26(16-17)19-12-20(29-5)14-21(13-19)30-6/h7-14H,1,15-16H2,2-6H3/t25-/m0/s1. The second-order valence-corrected chi connectivity index (χ2v) is 8.66. The number of ether oxygens (including phenoxy) is 3. The molecule has 1 amide bonds. The maximum atomic E-state index is 14.0. The highest BCUT2D eigenvalue weighted by Gasteiger charge is 2.55. The lowest BCUT2D eigenvalue weighted by atomic mass is 9.71. The molecule has 0 N–H and O–H groups in total. The molecule has 6 nitrogen and oxygen atoms in total. The van der Waals surface area contributed by atoms with Crippen LogP contribution in [0.15, 0.2) is 60.7 Å². The van der Waals surface area contributed by atoms with Crippen LogP contribution in [-0.2, 0) is 19.7 Å². The second kappa shape index (κ2) is 8.46. The molecule has 0 bridgehead atoms. The fraction of sp³-hybridized carbons (Fsp3) is 0.360. The molecule has 1 aliphatic rings. The van der Waals surface area contributed by atoms with Crippen molar-refractivity contribution in [2.75, 3.05) is 25.7 Å². The van der Waals surface area contributed by atoms with Crippen LogP contribution in [0.3, 0.4) is 0 Å². The summed E-state index contributed by atoms with van der Waals surface area (Å²) in [6, 6.07) is 14.2. The van der Waals surface area contributed by atoms with Crippen LogP contribution in [-0.4, -0.2) is 38.2 Å². The van der Waals surface area contributed by atoms with Crippen LogP contribution < -0.4 is 14.4 Å². The molecule has 1 saturated heterocycles. The van der Waals surface area contributed by atoms with Gasteiger partial charge in [0.25, 0.3) is 0 Å². The number of nitrogens with zero attached hydrogens (tertiary/aromatic N) is 1. The zero-order valence-electron chi connectivity index (χ0n) is 18.7. The highest BCUT2D eigenvalue weighted by atomic mass is 16.6. The Bertz CT molecular complexity index is 970. The fourth-order valence-corrected chi connectivity index (χ4v) is 3.78. The molecule has 3 rings (SSSR count). The van der Waals surface area contributed by atoms with Gasteiger partial charge in [0, 0.05) is 24.7 Å². The normalized spacial score (nSPS) is 19.2. The summed E-state index contributed by atoms with van der Waals surface area (Å²) in [4.78, 5) is 29.1. The summed E-state index contributed by atoms with van der Waals surface area (Å²) in [7, 11) is 3.09. The zero-order valence-corrected chi connectivity index (χ0v) is 18.7. The number of carbonyl (C=O) groups excluding carboxylic acids is 2. The minimum atomic E-state index is -1.53. The van der Waals surface area contributed by atoms with E-state index in [1.807, 2.05) is 18.2 Å². The van der Waals surface area contributed by atoms with Crippen molar-refractivity contribution < 1.29 is 23.8 Å². The summed E-state index contributed by atoms with van der Waals surface area (Å²) < 4.78 is 16.5. The Balaban J connectivity index is 2.17. The molecule has 1 aliphatic heterocycles. The fourth-order valence-electron chi connectivity index (χ4n) is 3.78. The van der Waals surface area contributed by atoms with Gasteiger partial charge in [0.05, 0.1) is 19.9 Å². The number of esters is 1. The van der Waals surface area contributed by atoms with Crippen molar-refractivity contribution in [3.63, 3.8) is 0 Å². The highest BCUT2D eigenvalue weighted by Crippen LogP contribution is 2.42. The zero-order chi connectivity index (χ0) is 22.8. The van der Waals surface area contributed by atoms with Gasteiger partial charge < -0.3 is 19.1 Å². The SMILES string of the molecule is C=C1CN(c2cc(OC)cc(OC)c2)C(=O)[C@@](C(=O)OC(C)(C)C)(c2ccccc2)C1. The summed E-state index contributed by atoms with van der Waals surface area (Å²) in [6.45, 7) is 9.79. The van der Waals surface area contributed by atoms with E-state index in [2.05, 4.69) is 6.58 Å². The van der Waals surface area contributed by atoms with Gasteiger partial charge in [0.15, 0.2) is 5.41 Å². The molecule has 164 valence electrons. The van der Waals surface area contributed by atoms with E-state index in [1.165, 1.54) is 0 Å². The number of rotatable bonds is 5. The number of carbonyl (C=O) groups is 2. The predicted molar refractivity (Wildman–Crippen MR) is 120 cm³/mol. The van der Waals surface area contributed by atoms with Crippen molar-refractivity contribution >= 4 is 17.6 Å². The number of methoxy groups -OCH3 is 2. The molecule has 2 aromatic carbocycles. The van der Waals surface area contributed by atoms with E-state index >= 15 is 0 Å². The maximum Gasteiger partial charge on any atom is 0.327 e. The third-order valence-electron chi connectivity index (χ3n) is 5.17. The molecule has 1 fully saturated rings. The van der Waals surface area contributed by atoms with Gasteiger partial charge in [-0.15, -0.1) is 0 Å². The van der Waals surface area contributed by atoms with Crippen LogP contribution in [0.2, 0.25) is 0 Å². The molecule has 0 spiro atoms. The molecule has 6 heteroatoms. The Hall–Kier alpha value is -3.28. The number of amides is 1. The molecular weight excluding hydrogens is 394 g/mol. The Morgan fingerprint density at radius 3 is 2.13 bits per heavy atom. The third kappa shape index (κ3) is 4.43. The number of hydrogen-bond acceptors (Lipinski definition) is 5. The Labute approximate surface area is 183 Å². The minimum Gasteiger partial charge on any atom is -0.497 e. The van der Waals surface area contributed by atoms with Gasteiger partial charge in [-0.3, -0.25) is 9.59 Å². The summed E-state index contributed by atoms with van der Waals surface area (Å²) in [6.07, 6.45) is 0.183. The average Bonchev–Trinajstić information content (AvgIpc) is 2.74. The first-order chi connectivity index (χ1) is 14.6. The molecule has 31 heavy (non-hydrogen) atoms. The number of anilines is 1. The minimum absolute atomic E-state index is 0.183. The van der Waals surface area contributed by atoms with Crippen molar-refractivity contribution in [1.82, 2.24) is 0 Å². The number of piperidine rings is 1. The summed E-state index contributed by atoms with van der Waals surface area (Å²) >= 11 is 0. The first-order valence-electron chi connectivity index (χ1n) is 10.1. The number of hydrogen-bond donors (Lipinski definition) is 0. The van der Waals surface area contributed by atoms with Crippen LogP contribution >= 0.6 is 0 Å². The van der Waals surface area contributed by atoms with E-state index in [1.54, 1.807) is 70.2 Å². The Kier molecular flexibility index (Phi) is 6.11. The van der Waals surface area contributed by atoms with Crippen LogP contribution in [0.1, 0.15) is 32.8 Å². The quantitative estimate of drug-likeness (QED) is 0.408. The van der Waals surface area contributed by atoms with Gasteiger partial charge >= 0.3 is 5.97 Å². The van der Waals surface area contributed by atoms with Crippen molar-refractivity contribution in [2.24, 2.45) is 0 Å². The summed E-state index contributed by atoms with van der Waals surface area (Å²) in [5.74, 6) is 0.134. The van der Waals surface area contributed by atoms with Crippen molar-refractivity contribution in [3.05, 3.63) is 66.2 Å². The van der Waals surface area contributed by atoms with E-state index < -0.39 is 17.0 Å². The van der Waals surface area contributed by atoms with Crippen LogP contribution in [0.5, 0.6) is 11.5 Å². The molecule has 2 aromatic rings. The van der Waals surface area contributed by atoms with Crippen LogP contribution in [0, 0.1) is 0 Å². The first-order valence-corrected chi connectivity index (χ1v) is 10.1.